The maximum absolute atomic E-state index is 10.2. The molecule has 0 amide bonds. The first-order chi connectivity index (χ1) is 12.1. The van der Waals surface area contributed by atoms with E-state index in [0.717, 1.165) is 34.7 Å². The second-order valence-electron chi connectivity index (χ2n) is 8.21. The second-order valence-corrected chi connectivity index (χ2v) is 8.21. The molecule has 0 aliphatic rings. The molecule has 0 atom stereocenters. The number of rotatable bonds is 6. The molecule has 0 fully saturated rings. The smallest absolute Gasteiger partial charge is 0.133 e. The van der Waals surface area contributed by atoms with Gasteiger partial charge in [0.25, 0.3) is 0 Å². The number of hydrogen-bond donors (Lipinski definition) is 1. The summed E-state index contributed by atoms with van der Waals surface area (Å²) in [6, 6.07) is 9.85. The molecule has 2 aromatic rings. The highest BCUT2D eigenvalue weighted by Crippen LogP contribution is 2.37. The van der Waals surface area contributed by atoms with Crippen LogP contribution in [-0.2, 0) is 5.41 Å². The van der Waals surface area contributed by atoms with Gasteiger partial charge in [-0.15, -0.1) is 0 Å². The number of hydrogen-bond acceptors (Lipinski definition) is 3. The van der Waals surface area contributed by atoms with E-state index in [0.29, 0.717) is 5.75 Å². The highest BCUT2D eigenvalue weighted by Gasteiger charge is 2.19. The number of phenols is 1. The Morgan fingerprint density at radius 1 is 1.04 bits per heavy atom. The van der Waals surface area contributed by atoms with E-state index in [4.69, 9.17) is 4.74 Å². The van der Waals surface area contributed by atoms with Gasteiger partial charge in [0, 0.05) is 24.8 Å². The predicted molar refractivity (Wildman–Crippen MR) is 111 cm³/mol. The first-order valence-corrected chi connectivity index (χ1v) is 9.47. The number of unbranched alkanes of at least 4 members (excludes halogenated alkanes) is 1. The van der Waals surface area contributed by atoms with Gasteiger partial charge >= 0.3 is 0 Å². The van der Waals surface area contributed by atoms with Crippen LogP contribution in [0.25, 0.3) is 0 Å². The van der Waals surface area contributed by atoms with Crippen molar-refractivity contribution in [2.45, 2.75) is 59.8 Å². The fourth-order valence-corrected chi connectivity index (χ4v) is 3.13. The van der Waals surface area contributed by atoms with Gasteiger partial charge in [0.1, 0.15) is 17.2 Å². The van der Waals surface area contributed by atoms with Gasteiger partial charge < -0.3 is 14.7 Å². The van der Waals surface area contributed by atoms with E-state index in [1.807, 2.05) is 12.1 Å². The van der Waals surface area contributed by atoms with Gasteiger partial charge in [-0.3, -0.25) is 0 Å². The first kappa shape index (κ1) is 20.2. The molecule has 0 radical (unpaired) electrons. The lowest BCUT2D eigenvalue weighted by Gasteiger charge is -2.23. The van der Waals surface area contributed by atoms with E-state index in [-0.39, 0.29) is 5.41 Å². The third-order valence-electron chi connectivity index (χ3n) is 4.73. The Labute approximate surface area is 158 Å². The molecule has 1 N–H and O–H groups in total. The topological polar surface area (TPSA) is 32.7 Å². The zero-order chi connectivity index (χ0) is 19.5. The molecular formula is C23H33NO2. The molecular weight excluding hydrogens is 322 g/mol. The average molecular weight is 356 g/mol. The second kappa shape index (κ2) is 8.03. The van der Waals surface area contributed by atoms with Gasteiger partial charge in [0.15, 0.2) is 0 Å². The summed E-state index contributed by atoms with van der Waals surface area (Å²) in [5.41, 5.74) is 4.21. The van der Waals surface area contributed by atoms with E-state index in [9.17, 15) is 5.11 Å². The van der Waals surface area contributed by atoms with Crippen molar-refractivity contribution in [2.24, 2.45) is 0 Å². The maximum atomic E-state index is 10.2. The van der Waals surface area contributed by atoms with Crippen molar-refractivity contribution < 1.29 is 9.84 Å². The molecule has 0 spiro atoms. The van der Waals surface area contributed by atoms with Gasteiger partial charge in [-0.05, 0) is 67.1 Å². The fourth-order valence-electron chi connectivity index (χ4n) is 3.13. The number of aryl methyl sites for hydroxylation is 2. The molecule has 0 heterocycles. The van der Waals surface area contributed by atoms with Crippen LogP contribution < -0.4 is 9.64 Å². The van der Waals surface area contributed by atoms with Crippen molar-refractivity contribution in [1.82, 2.24) is 0 Å². The quantitative estimate of drug-likeness (QED) is 0.656. The molecule has 0 saturated carbocycles. The van der Waals surface area contributed by atoms with Crippen molar-refractivity contribution in [3.63, 3.8) is 0 Å². The molecule has 3 nitrogen and oxygen atoms in total. The Morgan fingerprint density at radius 2 is 1.65 bits per heavy atom. The monoisotopic (exact) mass is 355 g/mol. The predicted octanol–water partition coefficient (Wildman–Crippen LogP) is 6.34. The summed E-state index contributed by atoms with van der Waals surface area (Å²) in [6.45, 7) is 13.7. The van der Waals surface area contributed by atoms with Gasteiger partial charge in [-0.2, -0.15) is 0 Å². The molecule has 2 rings (SSSR count). The molecule has 0 aromatic heterocycles. The van der Waals surface area contributed by atoms with Crippen molar-refractivity contribution >= 4 is 5.69 Å². The summed E-state index contributed by atoms with van der Waals surface area (Å²) in [4.78, 5) is 2.30. The van der Waals surface area contributed by atoms with Gasteiger partial charge in [-0.1, -0.05) is 34.1 Å². The van der Waals surface area contributed by atoms with Crippen LogP contribution in [0, 0.1) is 13.8 Å². The Balaban J connectivity index is 2.30. The Bertz CT molecular complexity index is 736. The summed E-state index contributed by atoms with van der Waals surface area (Å²) in [6.07, 6.45) is 2.39. The molecule has 142 valence electrons. The number of benzene rings is 2. The van der Waals surface area contributed by atoms with Gasteiger partial charge in [0.05, 0.1) is 0 Å². The van der Waals surface area contributed by atoms with E-state index >= 15 is 0 Å². The number of ether oxygens (including phenoxy) is 1. The van der Waals surface area contributed by atoms with Crippen LogP contribution in [0.2, 0.25) is 0 Å². The normalized spacial score (nSPS) is 11.5. The summed E-state index contributed by atoms with van der Waals surface area (Å²) in [5.74, 6) is 1.96. The van der Waals surface area contributed by atoms with Crippen LogP contribution in [0.1, 0.15) is 57.2 Å². The number of anilines is 1. The molecule has 0 unspecified atom stereocenters. The average Bonchev–Trinajstić information content (AvgIpc) is 2.56. The first-order valence-electron chi connectivity index (χ1n) is 9.47. The lowest BCUT2D eigenvalue weighted by molar-refractivity contribution is 0.436. The van der Waals surface area contributed by atoms with Gasteiger partial charge in [-0.25, -0.2) is 0 Å². The van der Waals surface area contributed by atoms with E-state index in [1.54, 1.807) is 6.07 Å². The lowest BCUT2D eigenvalue weighted by atomic mass is 9.86. The molecule has 3 heteroatoms. The van der Waals surface area contributed by atoms with E-state index in [2.05, 4.69) is 65.6 Å². The maximum Gasteiger partial charge on any atom is 0.133 e. The van der Waals surface area contributed by atoms with E-state index < -0.39 is 0 Å². The van der Waals surface area contributed by atoms with Crippen LogP contribution in [0.4, 0.5) is 5.69 Å². The molecule has 26 heavy (non-hydrogen) atoms. The SMILES string of the molecule is CCCCN(C)c1cc(C)c(Oc2ccc(O)c(C(C)(C)C)c2)c(C)c1. The van der Waals surface area contributed by atoms with Crippen molar-refractivity contribution in [2.75, 3.05) is 18.5 Å². The Morgan fingerprint density at radius 3 is 2.19 bits per heavy atom. The largest absolute Gasteiger partial charge is 0.508 e. The standard InChI is InChI=1S/C23H33NO2/c1-8-9-12-24(7)18-13-16(2)22(17(3)14-18)26-19-10-11-21(25)20(15-19)23(4,5)6/h10-11,13-15,25H,8-9,12H2,1-7H3. The Hall–Kier alpha value is -2.16. The number of aromatic hydroxyl groups is 1. The summed E-state index contributed by atoms with van der Waals surface area (Å²) < 4.78 is 6.22. The van der Waals surface area contributed by atoms with Crippen LogP contribution in [0.5, 0.6) is 17.2 Å². The highest BCUT2D eigenvalue weighted by molar-refractivity contribution is 5.57. The van der Waals surface area contributed by atoms with Crippen LogP contribution in [0.15, 0.2) is 30.3 Å². The molecule has 0 aliphatic carbocycles. The zero-order valence-electron chi connectivity index (χ0n) is 17.3. The van der Waals surface area contributed by atoms with Crippen molar-refractivity contribution in [1.29, 1.82) is 0 Å². The number of phenolic OH excluding ortho intramolecular Hbond substituents is 1. The summed E-state index contributed by atoms with van der Waals surface area (Å²) >= 11 is 0. The summed E-state index contributed by atoms with van der Waals surface area (Å²) in [5, 5.41) is 10.2. The third-order valence-corrected chi connectivity index (χ3v) is 4.73. The number of nitrogens with zero attached hydrogens (tertiary/aromatic N) is 1. The van der Waals surface area contributed by atoms with Crippen molar-refractivity contribution in [3.05, 3.63) is 47.0 Å². The minimum atomic E-state index is -0.139. The molecule has 0 saturated heterocycles. The highest BCUT2D eigenvalue weighted by atomic mass is 16.5. The van der Waals surface area contributed by atoms with Crippen LogP contribution in [0.3, 0.4) is 0 Å². The Kier molecular flexibility index (Phi) is 6.22. The lowest BCUT2D eigenvalue weighted by Crippen LogP contribution is -2.18. The van der Waals surface area contributed by atoms with Crippen LogP contribution >= 0.6 is 0 Å². The minimum Gasteiger partial charge on any atom is -0.508 e. The molecule has 0 aliphatic heterocycles. The third kappa shape index (κ3) is 4.72. The molecule has 0 bridgehead atoms. The van der Waals surface area contributed by atoms with Crippen LogP contribution in [-0.4, -0.2) is 18.7 Å². The fraction of sp³-hybridized carbons (Fsp3) is 0.478. The minimum absolute atomic E-state index is 0.139. The van der Waals surface area contributed by atoms with Gasteiger partial charge in [0.2, 0.25) is 0 Å². The van der Waals surface area contributed by atoms with Crippen molar-refractivity contribution in [3.8, 4) is 17.2 Å². The van der Waals surface area contributed by atoms with E-state index in [1.165, 1.54) is 18.5 Å². The summed E-state index contributed by atoms with van der Waals surface area (Å²) in [7, 11) is 2.14. The zero-order valence-corrected chi connectivity index (χ0v) is 17.3. The molecule has 2 aromatic carbocycles.